The van der Waals surface area contributed by atoms with Gasteiger partial charge in [0.1, 0.15) is 11.4 Å². The third-order valence-corrected chi connectivity index (χ3v) is 6.36. The highest BCUT2D eigenvalue weighted by Gasteiger charge is 2.39. The van der Waals surface area contributed by atoms with Gasteiger partial charge in [-0.1, -0.05) is 30.3 Å². The van der Waals surface area contributed by atoms with Gasteiger partial charge in [-0.3, -0.25) is 4.79 Å². The molecule has 4 aromatic rings. The summed E-state index contributed by atoms with van der Waals surface area (Å²) >= 11 is 0. The van der Waals surface area contributed by atoms with Crippen molar-refractivity contribution in [2.24, 2.45) is 5.92 Å². The van der Waals surface area contributed by atoms with Crippen LogP contribution >= 0.6 is 0 Å². The molecule has 0 spiro atoms. The normalized spacial score (nSPS) is 20.1. The maximum absolute atomic E-state index is 13.2. The van der Waals surface area contributed by atoms with Gasteiger partial charge in [0.15, 0.2) is 5.76 Å². The molecule has 2 aromatic carbocycles. The number of imidazole rings is 1. The molecule has 0 saturated heterocycles. The van der Waals surface area contributed by atoms with Crippen LogP contribution < -0.4 is 5.32 Å². The number of amides is 1. The van der Waals surface area contributed by atoms with E-state index in [4.69, 9.17) is 13.9 Å². The molecule has 0 fully saturated rings. The van der Waals surface area contributed by atoms with Crippen molar-refractivity contribution < 1.29 is 23.8 Å². The first kappa shape index (κ1) is 23.1. The Labute approximate surface area is 202 Å². The van der Waals surface area contributed by atoms with E-state index in [0.29, 0.717) is 25.3 Å². The highest BCUT2D eigenvalue weighted by Crippen LogP contribution is 2.42. The van der Waals surface area contributed by atoms with E-state index in [0.717, 1.165) is 27.6 Å². The highest BCUT2D eigenvalue weighted by molar-refractivity contribution is 5.92. The number of aromatic nitrogens is 2. The molecule has 5 rings (SSSR count). The number of aliphatic hydroxyl groups excluding tert-OH is 1. The zero-order valence-corrected chi connectivity index (χ0v) is 19.6. The summed E-state index contributed by atoms with van der Waals surface area (Å²) in [6.07, 6.45) is 4.25. The van der Waals surface area contributed by atoms with Crippen molar-refractivity contribution in [1.29, 1.82) is 0 Å². The van der Waals surface area contributed by atoms with Gasteiger partial charge in [0, 0.05) is 36.0 Å². The standard InChI is InChI=1S/C27H29N3O5/c1-2-33-27-18(9-7-13-31)19(20-16-34-23-12-6-3-8-17(20)23)14-24(35-27)26(32)28-15-25-29-21-10-4-5-11-22(21)30-25/h3-6,8,10-12,14,16,18-19,27,31H,2,7,9,13,15H2,1H3,(H,28,32)(H,29,30)/t18-,19-,27+/m1/s1. The van der Waals surface area contributed by atoms with E-state index in [1.807, 2.05) is 61.5 Å². The number of nitrogens with zero attached hydrogens (tertiary/aromatic N) is 1. The van der Waals surface area contributed by atoms with Crippen molar-refractivity contribution in [2.45, 2.75) is 38.5 Å². The van der Waals surface area contributed by atoms with Crippen LogP contribution in [-0.2, 0) is 20.8 Å². The molecule has 1 aliphatic heterocycles. The minimum Gasteiger partial charge on any atom is -0.464 e. The smallest absolute Gasteiger partial charge is 0.286 e. The van der Waals surface area contributed by atoms with Gasteiger partial charge < -0.3 is 29.3 Å². The van der Waals surface area contributed by atoms with Crippen LogP contribution in [0.15, 0.2) is 71.0 Å². The van der Waals surface area contributed by atoms with E-state index < -0.39 is 6.29 Å². The molecule has 3 heterocycles. The monoisotopic (exact) mass is 475 g/mol. The molecule has 35 heavy (non-hydrogen) atoms. The Morgan fingerprint density at radius 3 is 2.86 bits per heavy atom. The van der Waals surface area contributed by atoms with Crippen molar-refractivity contribution in [3.63, 3.8) is 0 Å². The molecular weight excluding hydrogens is 446 g/mol. The lowest BCUT2D eigenvalue weighted by Gasteiger charge is -2.36. The number of hydrogen-bond acceptors (Lipinski definition) is 6. The predicted molar refractivity (Wildman–Crippen MR) is 131 cm³/mol. The van der Waals surface area contributed by atoms with Crippen LogP contribution in [0.25, 0.3) is 22.0 Å². The lowest BCUT2D eigenvalue weighted by Crippen LogP contribution is -2.39. The number of hydrogen-bond donors (Lipinski definition) is 3. The average Bonchev–Trinajstić information content (AvgIpc) is 3.50. The van der Waals surface area contributed by atoms with E-state index in [-0.39, 0.29) is 36.7 Å². The van der Waals surface area contributed by atoms with Gasteiger partial charge in [0.05, 0.1) is 23.8 Å². The van der Waals surface area contributed by atoms with Gasteiger partial charge in [-0.15, -0.1) is 0 Å². The third kappa shape index (κ3) is 4.80. The lowest BCUT2D eigenvalue weighted by molar-refractivity contribution is -0.166. The second-order valence-electron chi connectivity index (χ2n) is 8.60. The molecule has 1 amide bonds. The van der Waals surface area contributed by atoms with Crippen LogP contribution in [-0.4, -0.2) is 40.5 Å². The fraction of sp³-hybridized carbons (Fsp3) is 0.333. The first-order chi connectivity index (χ1) is 17.2. The molecule has 1 aliphatic rings. The summed E-state index contributed by atoms with van der Waals surface area (Å²) in [5, 5.41) is 13.4. The van der Waals surface area contributed by atoms with E-state index in [1.165, 1.54) is 0 Å². The molecule has 0 aliphatic carbocycles. The Hall–Kier alpha value is -3.62. The lowest BCUT2D eigenvalue weighted by atomic mass is 9.80. The maximum Gasteiger partial charge on any atom is 0.286 e. The van der Waals surface area contributed by atoms with Gasteiger partial charge >= 0.3 is 0 Å². The predicted octanol–water partition coefficient (Wildman–Crippen LogP) is 4.37. The van der Waals surface area contributed by atoms with Crippen molar-refractivity contribution >= 4 is 27.9 Å². The number of carbonyl (C=O) groups is 1. The Kier molecular flexibility index (Phi) is 6.83. The zero-order valence-electron chi connectivity index (χ0n) is 19.6. The van der Waals surface area contributed by atoms with Crippen molar-refractivity contribution in [2.75, 3.05) is 13.2 Å². The van der Waals surface area contributed by atoms with Crippen LogP contribution in [0, 0.1) is 5.92 Å². The van der Waals surface area contributed by atoms with Crippen molar-refractivity contribution in [1.82, 2.24) is 15.3 Å². The number of aromatic amines is 1. The highest BCUT2D eigenvalue weighted by atomic mass is 16.7. The molecule has 0 saturated carbocycles. The first-order valence-corrected chi connectivity index (χ1v) is 12.0. The van der Waals surface area contributed by atoms with Gasteiger partial charge in [-0.2, -0.15) is 0 Å². The number of para-hydroxylation sites is 3. The third-order valence-electron chi connectivity index (χ3n) is 6.36. The largest absolute Gasteiger partial charge is 0.464 e. The number of aliphatic hydroxyl groups is 1. The number of benzene rings is 2. The van der Waals surface area contributed by atoms with Crippen LogP contribution in [0.3, 0.4) is 0 Å². The number of rotatable bonds is 9. The van der Waals surface area contributed by atoms with Gasteiger partial charge in [0.2, 0.25) is 6.29 Å². The Bertz CT molecular complexity index is 1310. The van der Waals surface area contributed by atoms with E-state index in [9.17, 15) is 9.90 Å². The maximum atomic E-state index is 13.2. The summed E-state index contributed by atoms with van der Waals surface area (Å²) in [4.78, 5) is 20.9. The number of H-pyrrole nitrogens is 1. The summed E-state index contributed by atoms with van der Waals surface area (Å²) in [6, 6.07) is 15.6. The Morgan fingerprint density at radius 2 is 2.03 bits per heavy atom. The molecule has 0 unspecified atom stereocenters. The number of furan rings is 1. The number of nitrogens with one attached hydrogen (secondary N) is 2. The fourth-order valence-electron chi connectivity index (χ4n) is 4.72. The molecule has 0 radical (unpaired) electrons. The minimum absolute atomic E-state index is 0.0722. The summed E-state index contributed by atoms with van der Waals surface area (Å²) < 4.78 is 17.8. The molecule has 3 N–H and O–H groups in total. The Balaban J connectivity index is 1.43. The van der Waals surface area contributed by atoms with Gasteiger partial charge in [-0.25, -0.2) is 4.98 Å². The summed E-state index contributed by atoms with van der Waals surface area (Å²) in [5.74, 6) is 0.261. The summed E-state index contributed by atoms with van der Waals surface area (Å²) in [6.45, 7) is 2.64. The summed E-state index contributed by atoms with van der Waals surface area (Å²) in [5.41, 5.74) is 3.52. The average molecular weight is 476 g/mol. The molecule has 8 nitrogen and oxygen atoms in total. The van der Waals surface area contributed by atoms with E-state index >= 15 is 0 Å². The molecular formula is C27H29N3O5. The molecule has 3 atom stereocenters. The zero-order chi connectivity index (χ0) is 24.2. The van der Waals surface area contributed by atoms with Crippen molar-refractivity contribution in [3.05, 3.63) is 78.0 Å². The Morgan fingerprint density at radius 1 is 1.20 bits per heavy atom. The number of carbonyl (C=O) groups excluding carboxylic acids is 1. The topological polar surface area (TPSA) is 110 Å². The van der Waals surface area contributed by atoms with Crippen LogP contribution in [0.2, 0.25) is 0 Å². The van der Waals surface area contributed by atoms with Crippen LogP contribution in [0.5, 0.6) is 0 Å². The second-order valence-corrected chi connectivity index (χ2v) is 8.60. The fourth-order valence-corrected chi connectivity index (χ4v) is 4.72. The van der Waals surface area contributed by atoms with Gasteiger partial charge in [0.25, 0.3) is 5.91 Å². The molecule has 8 heteroatoms. The van der Waals surface area contributed by atoms with Crippen LogP contribution in [0.1, 0.15) is 37.1 Å². The first-order valence-electron chi connectivity index (χ1n) is 12.0. The molecule has 182 valence electrons. The molecule has 0 bridgehead atoms. The van der Waals surface area contributed by atoms with Crippen molar-refractivity contribution in [3.8, 4) is 0 Å². The van der Waals surface area contributed by atoms with E-state index in [1.54, 1.807) is 6.26 Å². The van der Waals surface area contributed by atoms with Gasteiger partial charge in [-0.05, 0) is 44.0 Å². The quantitative estimate of drug-likeness (QED) is 0.332. The minimum atomic E-state index is -0.623. The van der Waals surface area contributed by atoms with E-state index in [2.05, 4.69) is 15.3 Å². The molecule has 2 aromatic heterocycles. The second kappa shape index (κ2) is 10.3. The number of allylic oxidation sites excluding steroid dienone is 1. The number of fused-ring (bicyclic) bond motifs is 2. The SMILES string of the molecule is CCO[C@H]1OC(C(=O)NCc2nc3ccccc3[nH]2)=C[C@@H](c2coc3ccccc23)[C@H]1CCCO. The van der Waals surface area contributed by atoms with Crippen LogP contribution in [0.4, 0.5) is 0 Å². The number of ether oxygens (including phenoxy) is 2. The summed E-state index contributed by atoms with van der Waals surface area (Å²) in [7, 11) is 0.